The SMILES string of the molecule is COc1ccc(C(=O)N2CCN(C(=O)C3CSCN3)CC2)c(C)c1C. The molecule has 2 heterocycles. The van der Waals surface area contributed by atoms with Crippen molar-refractivity contribution in [3.8, 4) is 5.75 Å². The Morgan fingerprint density at radius 3 is 2.40 bits per heavy atom. The van der Waals surface area contributed by atoms with Gasteiger partial charge in [-0.05, 0) is 37.1 Å². The highest BCUT2D eigenvalue weighted by molar-refractivity contribution is 7.99. The third-order valence-electron chi connectivity index (χ3n) is 5.08. The fourth-order valence-electron chi connectivity index (χ4n) is 3.32. The average molecular weight is 363 g/mol. The van der Waals surface area contributed by atoms with Gasteiger partial charge in [0.2, 0.25) is 5.91 Å². The number of hydrogen-bond acceptors (Lipinski definition) is 5. The van der Waals surface area contributed by atoms with Crippen LogP contribution in [-0.2, 0) is 4.79 Å². The Morgan fingerprint density at radius 1 is 1.12 bits per heavy atom. The maximum absolute atomic E-state index is 12.9. The lowest BCUT2D eigenvalue weighted by Gasteiger charge is -2.36. The molecule has 2 saturated heterocycles. The molecule has 0 spiro atoms. The highest BCUT2D eigenvalue weighted by atomic mass is 32.2. The van der Waals surface area contributed by atoms with E-state index in [4.69, 9.17) is 4.74 Å². The van der Waals surface area contributed by atoms with Crippen LogP contribution in [0.15, 0.2) is 12.1 Å². The Morgan fingerprint density at radius 2 is 1.80 bits per heavy atom. The number of carbonyl (C=O) groups excluding carboxylic acids is 2. The minimum Gasteiger partial charge on any atom is -0.496 e. The summed E-state index contributed by atoms with van der Waals surface area (Å²) in [6.45, 7) is 6.27. The third kappa shape index (κ3) is 3.62. The minimum absolute atomic E-state index is 0.0323. The second kappa shape index (κ2) is 7.66. The van der Waals surface area contributed by atoms with E-state index in [1.165, 1.54) is 0 Å². The topological polar surface area (TPSA) is 61.9 Å². The molecule has 0 saturated carbocycles. The highest BCUT2D eigenvalue weighted by Gasteiger charge is 2.31. The van der Waals surface area contributed by atoms with Gasteiger partial charge in [0.15, 0.2) is 0 Å². The molecule has 6 nitrogen and oxygen atoms in total. The third-order valence-corrected chi connectivity index (χ3v) is 6.02. The Labute approximate surface area is 152 Å². The molecule has 1 atom stereocenters. The summed E-state index contributed by atoms with van der Waals surface area (Å²) in [7, 11) is 1.64. The summed E-state index contributed by atoms with van der Waals surface area (Å²) < 4.78 is 5.32. The van der Waals surface area contributed by atoms with Crippen molar-refractivity contribution in [3.63, 3.8) is 0 Å². The Bertz CT molecular complexity index is 666. The fourth-order valence-corrected chi connectivity index (χ4v) is 4.26. The molecule has 1 aromatic carbocycles. The quantitative estimate of drug-likeness (QED) is 0.876. The van der Waals surface area contributed by atoms with Crippen molar-refractivity contribution in [2.75, 3.05) is 44.9 Å². The van der Waals surface area contributed by atoms with E-state index in [-0.39, 0.29) is 17.9 Å². The van der Waals surface area contributed by atoms with Crippen LogP contribution in [0.4, 0.5) is 0 Å². The van der Waals surface area contributed by atoms with E-state index in [0.29, 0.717) is 31.7 Å². The smallest absolute Gasteiger partial charge is 0.254 e. The first kappa shape index (κ1) is 18.1. The standard InChI is InChI=1S/C18H25N3O3S/c1-12-13(2)16(24-3)5-4-14(12)17(22)20-6-8-21(9-7-20)18(23)15-10-25-11-19-15/h4-5,15,19H,6-11H2,1-3H3. The zero-order chi connectivity index (χ0) is 18.0. The van der Waals surface area contributed by atoms with Crippen molar-refractivity contribution in [2.24, 2.45) is 0 Å². The van der Waals surface area contributed by atoms with Crippen molar-refractivity contribution in [1.29, 1.82) is 0 Å². The first-order valence-electron chi connectivity index (χ1n) is 8.56. The molecular weight excluding hydrogens is 338 g/mol. The van der Waals surface area contributed by atoms with Gasteiger partial charge in [0.25, 0.3) is 5.91 Å². The molecule has 2 aliphatic heterocycles. The number of nitrogens with zero attached hydrogens (tertiary/aromatic N) is 2. The molecule has 2 amide bonds. The Hall–Kier alpha value is -1.73. The lowest BCUT2D eigenvalue weighted by Crippen LogP contribution is -2.54. The van der Waals surface area contributed by atoms with Crippen LogP contribution in [0.3, 0.4) is 0 Å². The number of hydrogen-bond donors (Lipinski definition) is 1. The van der Waals surface area contributed by atoms with Gasteiger partial charge in [-0.25, -0.2) is 0 Å². The summed E-state index contributed by atoms with van der Waals surface area (Å²) in [6.07, 6.45) is 0. The molecule has 136 valence electrons. The van der Waals surface area contributed by atoms with Gasteiger partial charge >= 0.3 is 0 Å². The first-order chi connectivity index (χ1) is 12.0. The average Bonchev–Trinajstić information content (AvgIpc) is 3.17. The van der Waals surface area contributed by atoms with Crippen molar-refractivity contribution >= 4 is 23.6 Å². The molecule has 0 radical (unpaired) electrons. The summed E-state index contributed by atoms with van der Waals surface area (Å²) in [5.41, 5.74) is 2.66. The number of amides is 2. The number of carbonyl (C=O) groups is 2. The van der Waals surface area contributed by atoms with E-state index in [2.05, 4.69) is 5.32 Å². The lowest BCUT2D eigenvalue weighted by atomic mass is 10.0. The fraction of sp³-hybridized carbons (Fsp3) is 0.556. The Kier molecular flexibility index (Phi) is 5.54. The predicted molar refractivity (Wildman–Crippen MR) is 99.2 cm³/mol. The summed E-state index contributed by atoms with van der Waals surface area (Å²) in [5.74, 6) is 2.66. The van der Waals surface area contributed by atoms with Crippen molar-refractivity contribution in [3.05, 3.63) is 28.8 Å². The monoisotopic (exact) mass is 363 g/mol. The van der Waals surface area contributed by atoms with Crippen molar-refractivity contribution < 1.29 is 14.3 Å². The summed E-state index contributed by atoms with van der Waals surface area (Å²) >= 11 is 1.75. The van der Waals surface area contributed by atoms with Gasteiger partial charge in [-0.2, -0.15) is 0 Å². The molecule has 2 aliphatic rings. The molecule has 2 fully saturated rings. The van der Waals surface area contributed by atoms with Crippen LogP contribution in [0.2, 0.25) is 0 Å². The van der Waals surface area contributed by atoms with Crippen LogP contribution in [-0.4, -0.2) is 72.6 Å². The zero-order valence-electron chi connectivity index (χ0n) is 15.0. The predicted octanol–water partition coefficient (Wildman–Crippen LogP) is 1.26. The molecule has 7 heteroatoms. The molecular formula is C18H25N3O3S. The lowest BCUT2D eigenvalue weighted by molar-refractivity contribution is -0.134. The molecule has 1 aromatic rings. The van der Waals surface area contributed by atoms with Gasteiger partial charge in [0, 0.05) is 43.4 Å². The molecule has 0 aromatic heterocycles. The van der Waals surface area contributed by atoms with E-state index >= 15 is 0 Å². The number of nitrogens with one attached hydrogen (secondary N) is 1. The van der Waals surface area contributed by atoms with Crippen LogP contribution >= 0.6 is 11.8 Å². The maximum atomic E-state index is 12.9. The largest absolute Gasteiger partial charge is 0.496 e. The van der Waals surface area contributed by atoms with Crippen LogP contribution in [0, 0.1) is 13.8 Å². The zero-order valence-corrected chi connectivity index (χ0v) is 15.8. The number of methoxy groups -OCH3 is 1. The number of rotatable bonds is 3. The minimum atomic E-state index is -0.0706. The normalized spacial score (nSPS) is 20.7. The van der Waals surface area contributed by atoms with Gasteiger partial charge in [0.1, 0.15) is 5.75 Å². The number of benzene rings is 1. The van der Waals surface area contributed by atoms with E-state index in [1.54, 1.807) is 18.9 Å². The summed E-state index contributed by atoms with van der Waals surface area (Å²) in [6, 6.07) is 3.61. The second-order valence-corrected chi connectivity index (χ2v) is 7.48. The van der Waals surface area contributed by atoms with E-state index in [9.17, 15) is 9.59 Å². The van der Waals surface area contributed by atoms with E-state index in [1.807, 2.05) is 35.8 Å². The van der Waals surface area contributed by atoms with Crippen LogP contribution in [0.5, 0.6) is 5.75 Å². The van der Waals surface area contributed by atoms with E-state index < -0.39 is 0 Å². The number of thioether (sulfide) groups is 1. The van der Waals surface area contributed by atoms with Crippen molar-refractivity contribution in [1.82, 2.24) is 15.1 Å². The molecule has 0 bridgehead atoms. The molecule has 1 unspecified atom stereocenters. The highest BCUT2D eigenvalue weighted by Crippen LogP contribution is 2.25. The van der Waals surface area contributed by atoms with Crippen LogP contribution in [0.1, 0.15) is 21.5 Å². The van der Waals surface area contributed by atoms with Gasteiger partial charge in [-0.3, -0.25) is 14.9 Å². The number of piperazine rings is 1. The van der Waals surface area contributed by atoms with E-state index in [0.717, 1.165) is 28.5 Å². The Balaban J connectivity index is 1.64. The van der Waals surface area contributed by atoms with Crippen molar-refractivity contribution in [2.45, 2.75) is 19.9 Å². The van der Waals surface area contributed by atoms with Gasteiger partial charge < -0.3 is 14.5 Å². The molecule has 0 aliphatic carbocycles. The first-order valence-corrected chi connectivity index (χ1v) is 9.71. The molecule has 25 heavy (non-hydrogen) atoms. The van der Waals surface area contributed by atoms with Crippen LogP contribution in [0.25, 0.3) is 0 Å². The summed E-state index contributed by atoms with van der Waals surface area (Å²) in [5, 5.41) is 3.22. The molecule has 3 rings (SSSR count). The summed E-state index contributed by atoms with van der Waals surface area (Å²) in [4.78, 5) is 29.0. The van der Waals surface area contributed by atoms with Gasteiger partial charge in [-0.1, -0.05) is 0 Å². The second-order valence-electron chi connectivity index (χ2n) is 6.45. The van der Waals surface area contributed by atoms with Gasteiger partial charge in [-0.15, -0.1) is 11.8 Å². The molecule has 1 N–H and O–H groups in total. The maximum Gasteiger partial charge on any atom is 0.254 e. The van der Waals surface area contributed by atoms with Gasteiger partial charge in [0.05, 0.1) is 13.2 Å². The number of ether oxygens (including phenoxy) is 1. The van der Waals surface area contributed by atoms with Crippen LogP contribution < -0.4 is 10.1 Å².